The highest BCUT2D eigenvalue weighted by Gasteiger charge is 2.42. The number of piperidine rings is 1. The minimum Gasteiger partial charge on any atom is -0.481 e. The molecule has 1 aliphatic rings. The summed E-state index contributed by atoms with van der Waals surface area (Å²) in [7, 11) is 0. The van der Waals surface area contributed by atoms with Crippen LogP contribution < -0.4 is 0 Å². The van der Waals surface area contributed by atoms with Crippen molar-refractivity contribution in [3.8, 4) is 0 Å². The summed E-state index contributed by atoms with van der Waals surface area (Å²) < 4.78 is 13.8. The molecule has 1 amide bonds. The topological polar surface area (TPSA) is 57.6 Å². The molecular formula is C15H17BrFNO3. The first-order chi connectivity index (χ1) is 9.82. The van der Waals surface area contributed by atoms with Crippen molar-refractivity contribution in [3.63, 3.8) is 0 Å². The number of amides is 1. The molecule has 1 N–H and O–H groups in total. The Kier molecular flexibility index (Phi) is 4.66. The molecule has 1 aromatic carbocycles. The third kappa shape index (κ3) is 3.10. The second-order valence-corrected chi connectivity index (χ2v) is 6.34. The zero-order valence-corrected chi connectivity index (χ0v) is 13.4. The lowest BCUT2D eigenvalue weighted by Gasteiger charge is -2.42. The fourth-order valence-corrected chi connectivity index (χ4v) is 3.48. The highest BCUT2D eigenvalue weighted by atomic mass is 79.9. The normalized spacial score (nSPS) is 22.7. The number of carbonyl (C=O) groups excluding carboxylic acids is 1. The van der Waals surface area contributed by atoms with Crippen molar-refractivity contribution in [2.75, 3.05) is 0 Å². The average Bonchev–Trinajstić information content (AvgIpc) is 2.37. The van der Waals surface area contributed by atoms with Gasteiger partial charge in [0.15, 0.2) is 0 Å². The van der Waals surface area contributed by atoms with Gasteiger partial charge < -0.3 is 10.0 Å². The van der Waals surface area contributed by atoms with E-state index in [1.165, 1.54) is 12.1 Å². The smallest absolute Gasteiger partial charge is 0.308 e. The minimum atomic E-state index is -0.936. The number of halogens is 2. The largest absolute Gasteiger partial charge is 0.481 e. The Hall–Kier alpha value is -1.43. The first kappa shape index (κ1) is 15.9. The van der Waals surface area contributed by atoms with Crippen LogP contribution in [-0.2, 0) is 9.59 Å². The molecule has 0 aromatic heterocycles. The van der Waals surface area contributed by atoms with Crippen LogP contribution >= 0.6 is 15.9 Å². The van der Waals surface area contributed by atoms with Gasteiger partial charge in [-0.1, -0.05) is 22.0 Å². The molecule has 1 saturated heterocycles. The van der Waals surface area contributed by atoms with Gasteiger partial charge >= 0.3 is 5.97 Å². The van der Waals surface area contributed by atoms with Crippen LogP contribution in [0, 0.1) is 11.7 Å². The highest BCUT2D eigenvalue weighted by molar-refractivity contribution is 9.10. The summed E-state index contributed by atoms with van der Waals surface area (Å²) in [5.41, 5.74) is 0.630. The van der Waals surface area contributed by atoms with E-state index in [0.717, 1.165) is 0 Å². The predicted octanol–water partition coefficient (Wildman–Crippen LogP) is 3.36. The number of hydrogen-bond acceptors (Lipinski definition) is 2. The molecule has 1 aliphatic heterocycles. The van der Waals surface area contributed by atoms with E-state index in [1.807, 2.05) is 13.8 Å². The molecule has 1 heterocycles. The quantitative estimate of drug-likeness (QED) is 0.902. The van der Waals surface area contributed by atoms with Gasteiger partial charge in [0, 0.05) is 16.9 Å². The van der Waals surface area contributed by atoms with Crippen molar-refractivity contribution in [2.45, 2.75) is 38.8 Å². The van der Waals surface area contributed by atoms with Crippen molar-refractivity contribution >= 4 is 27.8 Å². The molecule has 4 nitrogen and oxygen atoms in total. The molecule has 0 spiro atoms. The Labute approximate surface area is 131 Å². The summed E-state index contributed by atoms with van der Waals surface area (Å²) in [6, 6.07) is 3.43. The fraction of sp³-hybridized carbons (Fsp3) is 0.467. The Morgan fingerprint density at radius 3 is 2.67 bits per heavy atom. The number of aliphatic carboxylic acids is 1. The van der Waals surface area contributed by atoms with E-state index < -0.39 is 23.7 Å². The van der Waals surface area contributed by atoms with Gasteiger partial charge in [0.25, 0.3) is 0 Å². The van der Waals surface area contributed by atoms with Crippen molar-refractivity contribution in [3.05, 3.63) is 34.1 Å². The zero-order valence-electron chi connectivity index (χ0n) is 11.8. The number of hydrogen-bond donors (Lipinski definition) is 1. The number of likely N-dealkylation sites (tertiary alicyclic amines) is 1. The molecule has 2 unspecified atom stereocenters. The van der Waals surface area contributed by atoms with Crippen LogP contribution in [0.25, 0.3) is 0 Å². The van der Waals surface area contributed by atoms with E-state index in [0.29, 0.717) is 16.5 Å². The van der Waals surface area contributed by atoms with E-state index in [2.05, 4.69) is 15.9 Å². The number of rotatable bonds is 3. The van der Waals surface area contributed by atoms with Gasteiger partial charge in [0.1, 0.15) is 5.82 Å². The monoisotopic (exact) mass is 357 g/mol. The highest BCUT2D eigenvalue weighted by Crippen LogP contribution is 2.41. The molecule has 1 fully saturated rings. The van der Waals surface area contributed by atoms with Gasteiger partial charge in [-0.25, -0.2) is 4.39 Å². The Morgan fingerprint density at radius 1 is 1.48 bits per heavy atom. The molecular weight excluding hydrogens is 341 g/mol. The predicted molar refractivity (Wildman–Crippen MR) is 79.2 cm³/mol. The molecule has 0 saturated carbocycles. The lowest BCUT2D eigenvalue weighted by molar-refractivity contribution is -0.153. The third-order valence-electron chi connectivity index (χ3n) is 3.79. The van der Waals surface area contributed by atoms with Crippen LogP contribution in [0.5, 0.6) is 0 Å². The summed E-state index contributed by atoms with van der Waals surface area (Å²) in [5.74, 6) is -2.10. The number of benzene rings is 1. The first-order valence-corrected chi connectivity index (χ1v) is 7.61. The van der Waals surface area contributed by atoms with Gasteiger partial charge in [0.2, 0.25) is 5.91 Å². The lowest BCUT2D eigenvalue weighted by Crippen LogP contribution is -2.48. The minimum absolute atomic E-state index is 0.0660. The Bertz CT molecular complexity index is 576. The standard InChI is InChI=1S/C15H17BrFNO3/c1-8(2)18-13(19)6-5-11(15(20)21)14(18)10-4-3-9(17)7-12(10)16/h3-4,7-8,11,14H,5-6H2,1-2H3,(H,20,21). The van der Waals surface area contributed by atoms with Crippen molar-refractivity contribution in [1.29, 1.82) is 0 Å². The fourth-order valence-electron chi connectivity index (χ4n) is 2.89. The summed E-state index contributed by atoms with van der Waals surface area (Å²) in [6.45, 7) is 3.71. The SMILES string of the molecule is CC(C)N1C(=O)CCC(C(=O)O)C1c1ccc(F)cc1Br. The molecule has 0 aliphatic carbocycles. The van der Waals surface area contributed by atoms with Crippen molar-refractivity contribution in [2.24, 2.45) is 5.92 Å². The van der Waals surface area contributed by atoms with E-state index in [1.54, 1.807) is 11.0 Å². The second-order valence-electron chi connectivity index (χ2n) is 5.49. The van der Waals surface area contributed by atoms with Crippen LogP contribution in [-0.4, -0.2) is 27.9 Å². The van der Waals surface area contributed by atoms with E-state index in [9.17, 15) is 19.1 Å². The molecule has 21 heavy (non-hydrogen) atoms. The maximum absolute atomic E-state index is 13.3. The van der Waals surface area contributed by atoms with E-state index >= 15 is 0 Å². The van der Waals surface area contributed by atoms with Crippen LogP contribution in [0.15, 0.2) is 22.7 Å². The number of carbonyl (C=O) groups is 2. The van der Waals surface area contributed by atoms with E-state index in [-0.39, 0.29) is 18.4 Å². The number of carboxylic acid groups (broad SMARTS) is 1. The summed E-state index contributed by atoms with van der Waals surface area (Å²) in [6.07, 6.45) is 0.524. The molecule has 1 aromatic rings. The van der Waals surface area contributed by atoms with Crippen LogP contribution in [0.3, 0.4) is 0 Å². The van der Waals surface area contributed by atoms with Gasteiger partial charge in [-0.3, -0.25) is 9.59 Å². The summed E-state index contributed by atoms with van der Waals surface area (Å²) >= 11 is 3.28. The van der Waals surface area contributed by atoms with Crippen LogP contribution in [0.4, 0.5) is 4.39 Å². The molecule has 114 valence electrons. The van der Waals surface area contributed by atoms with Gasteiger partial charge in [-0.15, -0.1) is 0 Å². The van der Waals surface area contributed by atoms with Crippen LogP contribution in [0.2, 0.25) is 0 Å². The summed E-state index contributed by atoms with van der Waals surface area (Å²) in [5, 5.41) is 9.47. The molecule has 2 rings (SSSR count). The molecule has 0 bridgehead atoms. The molecule has 6 heteroatoms. The lowest BCUT2D eigenvalue weighted by atomic mass is 9.83. The number of carboxylic acids is 1. The average molecular weight is 358 g/mol. The van der Waals surface area contributed by atoms with Gasteiger partial charge in [-0.2, -0.15) is 0 Å². The molecule has 2 atom stereocenters. The van der Waals surface area contributed by atoms with E-state index in [4.69, 9.17) is 0 Å². The van der Waals surface area contributed by atoms with Gasteiger partial charge in [0.05, 0.1) is 12.0 Å². The number of nitrogens with zero attached hydrogens (tertiary/aromatic N) is 1. The zero-order chi connectivity index (χ0) is 15.7. The van der Waals surface area contributed by atoms with Crippen LogP contribution in [0.1, 0.15) is 38.3 Å². The maximum atomic E-state index is 13.3. The van der Waals surface area contributed by atoms with Gasteiger partial charge in [-0.05, 0) is 38.0 Å². The second kappa shape index (κ2) is 6.13. The van der Waals surface area contributed by atoms with Crippen molar-refractivity contribution < 1.29 is 19.1 Å². The Balaban J connectivity index is 2.54. The molecule has 0 radical (unpaired) electrons. The Morgan fingerprint density at radius 2 is 2.14 bits per heavy atom. The summed E-state index contributed by atoms with van der Waals surface area (Å²) in [4.78, 5) is 25.4. The third-order valence-corrected chi connectivity index (χ3v) is 4.48. The first-order valence-electron chi connectivity index (χ1n) is 6.82. The maximum Gasteiger partial charge on any atom is 0.308 e. The van der Waals surface area contributed by atoms with Crippen molar-refractivity contribution in [1.82, 2.24) is 4.90 Å².